The normalized spacial score (nSPS) is 12.3. The van der Waals surface area contributed by atoms with E-state index in [2.05, 4.69) is 207 Å². The predicted molar refractivity (Wildman–Crippen MR) is 426 cm³/mol. The van der Waals surface area contributed by atoms with Gasteiger partial charge in [-0.2, -0.15) is 0 Å². The number of hydrogen-bond acceptors (Lipinski definition) is 8. The van der Waals surface area contributed by atoms with Gasteiger partial charge in [0.2, 0.25) is 0 Å². The molecule has 0 aliphatic carbocycles. The van der Waals surface area contributed by atoms with Gasteiger partial charge in [0.05, 0.1) is 66.9 Å². The van der Waals surface area contributed by atoms with Crippen molar-refractivity contribution in [3.05, 3.63) is 312 Å². The summed E-state index contributed by atoms with van der Waals surface area (Å²) in [4.78, 5) is 52.5. The minimum atomic E-state index is -0.247. The van der Waals surface area contributed by atoms with Gasteiger partial charge in [0.15, 0.2) is 0 Å². The van der Waals surface area contributed by atoms with Crippen LogP contribution in [0.1, 0.15) is 55.9 Å². The Labute approximate surface area is 606 Å². The highest BCUT2D eigenvalue weighted by Crippen LogP contribution is 2.43. The van der Waals surface area contributed by atoms with Crippen LogP contribution < -0.4 is 19.5 Å². The number of H-pyrrole nitrogens is 4. The second-order valence-corrected chi connectivity index (χ2v) is 26.5. The molecule has 105 heavy (non-hydrogen) atoms. The van der Waals surface area contributed by atoms with Crippen LogP contribution >= 0.6 is 0 Å². The van der Waals surface area contributed by atoms with Gasteiger partial charge in [-0.25, -0.2) is 9.97 Å². The third-order valence-electron chi connectivity index (χ3n) is 20.2. The molecule has 0 unspecified atom stereocenters. The van der Waals surface area contributed by atoms with Crippen LogP contribution in [0, 0.1) is 0 Å². The predicted octanol–water partition coefficient (Wildman–Crippen LogP) is 21.5. The van der Waals surface area contributed by atoms with Crippen molar-refractivity contribution < 1.29 is 19.0 Å². The van der Waals surface area contributed by atoms with Crippen LogP contribution in [0.15, 0.2) is 261 Å². The number of aryl methyl sites for hydroxylation is 4. The highest BCUT2D eigenvalue weighted by molar-refractivity contribution is 6.06. The molecule has 0 radical (unpaired) electrons. The number of nitrogens with one attached hydrogen (secondary N) is 5. The average molecular weight is 1360 g/mol. The van der Waals surface area contributed by atoms with Crippen LogP contribution in [0.25, 0.3) is 157 Å². The fourth-order valence-corrected chi connectivity index (χ4v) is 15.3. The van der Waals surface area contributed by atoms with Crippen molar-refractivity contribution in [2.24, 2.45) is 0 Å². The van der Waals surface area contributed by atoms with Crippen molar-refractivity contribution in [1.82, 2.24) is 39.9 Å². The molecule has 18 rings (SSSR count). The Bertz CT molecular complexity index is 6210. The number of fused-ring (bicyclic) bond motifs is 16. The summed E-state index contributed by atoms with van der Waals surface area (Å²) in [5.41, 5.74) is 31.0. The number of ether oxygens (including phenoxy) is 3. The molecule has 13 heteroatoms. The highest BCUT2D eigenvalue weighted by Gasteiger charge is 2.25. The number of amides is 1. The van der Waals surface area contributed by atoms with E-state index in [1.165, 1.54) is 0 Å². The van der Waals surface area contributed by atoms with Gasteiger partial charge in [0.25, 0.3) is 5.91 Å². The summed E-state index contributed by atoms with van der Waals surface area (Å²) < 4.78 is 17.5. The zero-order chi connectivity index (χ0) is 70.5. The first-order valence-electron chi connectivity index (χ1n) is 35.3. The molecule has 0 saturated carbocycles. The summed E-state index contributed by atoms with van der Waals surface area (Å²) in [7, 11) is 5.07. The number of anilines is 1. The molecule has 14 aromatic rings. The number of aromatic nitrogens is 8. The highest BCUT2D eigenvalue weighted by atomic mass is 16.5. The second-order valence-electron chi connectivity index (χ2n) is 26.5. The molecule has 0 atom stereocenters. The molecule has 10 heterocycles. The Hall–Kier alpha value is -13.7. The summed E-state index contributed by atoms with van der Waals surface area (Å²) in [6, 6.07) is 88.9. The van der Waals surface area contributed by atoms with Gasteiger partial charge in [0.1, 0.15) is 17.2 Å². The topological polar surface area (TPSA) is 172 Å². The summed E-state index contributed by atoms with van der Waals surface area (Å²) >= 11 is 0. The Morgan fingerprint density at radius 2 is 0.552 bits per heavy atom. The molecule has 0 spiro atoms. The smallest absolute Gasteiger partial charge is 0.255 e. The monoisotopic (exact) mass is 1360 g/mol. The van der Waals surface area contributed by atoms with Crippen molar-refractivity contribution in [2.75, 3.05) is 26.6 Å². The zero-order valence-corrected chi connectivity index (χ0v) is 57.9. The zero-order valence-electron chi connectivity index (χ0n) is 57.9. The average Bonchev–Trinajstić information content (AvgIpc) is 1.62. The SMILES string of the molecule is COc1cccc(-c2c3nc(c(-c4ccc(NC(=O)c5ccc(-c6c7nc(c(-c8ccccc8)c8ccc([nH]8)c(-c8ccccc8)c8nc(c(-c9ccccc9)c9ccc6[nH]9)C=C8)CC7)cc5)cc4)c4ccc([nH]4)c(-c4cccc(OC)c4)c4nc(c(-c5cccc(OC)c5)c5ccc2[nH]5)CC4)C=C3)c1. The molecule has 4 aliphatic rings. The molecule has 5 N–H and O–H groups in total. The van der Waals surface area contributed by atoms with Gasteiger partial charge < -0.3 is 39.5 Å². The molecular formula is C92H69N9O4. The summed E-state index contributed by atoms with van der Waals surface area (Å²) in [5.74, 6) is 1.97. The number of rotatable bonds is 13. The summed E-state index contributed by atoms with van der Waals surface area (Å²) in [6.07, 6.45) is 11.2. The van der Waals surface area contributed by atoms with Crippen molar-refractivity contribution in [3.8, 4) is 106 Å². The van der Waals surface area contributed by atoms with E-state index in [0.29, 0.717) is 36.9 Å². The van der Waals surface area contributed by atoms with Crippen molar-refractivity contribution >= 4 is 80.0 Å². The maximum atomic E-state index is 14.7. The van der Waals surface area contributed by atoms with Crippen molar-refractivity contribution in [3.63, 3.8) is 0 Å². The third kappa shape index (κ3) is 12.0. The fourth-order valence-electron chi connectivity index (χ4n) is 15.3. The molecule has 6 aromatic heterocycles. The van der Waals surface area contributed by atoms with Crippen LogP contribution in [0.2, 0.25) is 0 Å². The van der Waals surface area contributed by atoms with E-state index in [-0.39, 0.29) is 5.91 Å². The minimum absolute atomic E-state index is 0.247. The van der Waals surface area contributed by atoms with E-state index in [0.717, 1.165) is 196 Å². The number of aromatic amines is 4. The van der Waals surface area contributed by atoms with Crippen LogP contribution in [-0.4, -0.2) is 67.1 Å². The molecule has 506 valence electrons. The first-order valence-corrected chi connectivity index (χ1v) is 35.3. The van der Waals surface area contributed by atoms with Crippen LogP contribution in [-0.2, 0) is 25.7 Å². The van der Waals surface area contributed by atoms with E-state index in [4.69, 9.17) is 34.1 Å². The lowest BCUT2D eigenvalue weighted by Gasteiger charge is -2.10. The molecule has 0 saturated heterocycles. The van der Waals surface area contributed by atoms with E-state index >= 15 is 0 Å². The summed E-state index contributed by atoms with van der Waals surface area (Å²) in [6.45, 7) is 0. The first-order chi connectivity index (χ1) is 51.8. The number of methoxy groups -OCH3 is 3. The largest absolute Gasteiger partial charge is 0.497 e. The van der Waals surface area contributed by atoms with E-state index in [1.807, 2.05) is 103 Å². The van der Waals surface area contributed by atoms with Gasteiger partial charge in [0, 0.05) is 99.9 Å². The minimum Gasteiger partial charge on any atom is -0.497 e. The Balaban J connectivity index is 0.752. The van der Waals surface area contributed by atoms with Crippen molar-refractivity contribution in [1.29, 1.82) is 0 Å². The van der Waals surface area contributed by atoms with Crippen LogP contribution in [0.3, 0.4) is 0 Å². The summed E-state index contributed by atoms with van der Waals surface area (Å²) in [5, 5.41) is 3.24. The number of benzene rings is 8. The second kappa shape index (κ2) is 27.0. The Morgan fingerprint density at radius 3 is 0.895 bits per heavy atom. The Kier molecular flexibility index (Phi) is 16.4. The standard InChI is InChI=1S/C92H69N9O4/c1-103-65-25-13-22-61(52-65)89-78-46-44-76(98-78)88(77-45-47-79(99-77)90(62-23-14-26-66(53-62)104-2)81-49-51-83(101-81)91(82-50-48-80(89)100-82)63-24-15-27-67(54-63)105-3)59-32-34-64(35-33-59)93-92(102)60-30-28-58(29-31-60)87-74-42-40-72(96-74)85(56-18-9-5-10-19-56)70-38-36-68(94-70)84(55-16-7-4-8-17-55)69-37-39-71(95-69)86(57-20-11-6-12-21-57)73-41-43-75(87)97-73/h4-40,42,44-48,50,52-54,95-96,99-100H,41,43,49,51H2,1-3H3,(H,93,102). The molecule has 4 aliphatic heterocycles. The fraction of sp³-hybridized carbons (Fsp3) is 0.0761. The molecule has 1 amide bonds. The van der Waals surface area contributed by atoms with Gasteiger partial charge in [-0.05, 0) is 204 Å². The van der Waals surface area contributed by atoms with Gasteiger partial charge in [-0.1, -0.05) is 152 Å². The lowest BCUT2D eigenvalue weighted by Crippen LogP contribution is -2.11. The number of hydrogen-bond donors (Lipinski definition) is 5. The van der Waals surface area contributed by atoms with Gasteiger partial charge >= 0.3 is 0 Å². The lowest BCUT2D eigenvalue weighted by atomic mass is 9.99. The quantitative estimate of drug-likeness (QED) is 0.0759. The number of nitrogens with zero attached hydrogens (tertiary/aromatic N) is 4. The lowest BCUT2D eigenvalue weighted by molar-refractivity contribution is 0.102. The Morgan fingerprint density at radius 1 is 0.286 bits per heavy atom. The molecule has 16 bridgehead atoms. The van der Waals surface area contributed by atoms with Crippen LogP contribution in [0.5, 0.6) is 17.2 Å². The third-order valence-corrected chi connectivity index (χ3v) is 20.2. The number of carbonyl (C=O) groups excluding carboxylic acids is 1. The molecule has 8 aromatic carbocycles. The van der Waals surface area contributed by atoms with Crippen LogP contribution in [0.4, 0.5) is 5.69 Å². The molecule has 13 nitrogen and oxygen atoms in total. The first kappa shape index (κ1) is 63.5. The maximum absolute atomic E-state index is 14.7. The van der Waals surface area contributed by atoms with E-state index < -0.39 is 0 Å². The number of carbonyl (C=O) groups is 1. The van der Waals surface area contributed by atoms with Gasteiger partial charge in [-0.15, -0.1) is 0 Å². The van der Waals surface area contributed by atoms with E-state index in [1.54, 1.807) is 21.3 Å². The van der Waals surface area contributed by atoms with E-state index in [9.17, 15) is 4.79 Å². The maximum Gasteiger partial charge on any atom is 0.255 e. The van der Waals surface area contributed by atoms with Gasteiger partial charge in [-0.3, -0.25) is 14.8 Å². The molecular weight excluding hydrogens is 1300 g/mol. The van der Waals surface area contributed by atoms with Crippen molar-refractivity contribution in [2.45, 2.75) is 25.7 Å². The molecule has 0 fully saturated rings.